The van der Waals surface area contributed by atoms with Gasteiger partial charge in [-0.1, -0.05) is 48.2 Å². The van der Waals surface area contributed by atoms with Gasteiger partial charge in [-0.2, -0.15) is 0 Å². The lowest BCUT2D eigenvalue weighted by Gasteiger charge is -2.12. The van der Waals surface area contributed by atoms with Crippen LogP contribution in [-0.4, -0.2) is 45.7 Å². The number of benzene rings is 1. The van der Waals surface area contributed by atoms with Crippen molar-refractivity contribution >= 4 is 29.0 Å². The topological polar surface area (TPSA) is 69.0 Å². The van der Waals surface area contributed by atoms with Crippen LogP contribution in [0.4, 0.5) is 0 Å². The van der Waals surface area contributed by atoms with Gasteiger partial charge in [-0.25, -0.2) is 0 Å². The first-order valence-corrected chi connectivity index (χ1v) is 12.1. The molecule has 1 unspecified atom stereocenters. The van der Waals surface area contributed by atoms with Gasteiger partial charge in [0.2, 0.25) is 5.91 Å². The number of nitrogens with zero attached hydrogens (tertiary/aromatic N) is 3. The van der Waals surface area contributed by atoms with Crippen molar-refractivity contribution in [3.05, 3.63) is 64.1 Å². The summed E-state index contributed by atoms with van der Waals surface area (Å²) >= 11 is 3.17. The quantitative estimate of drug-likeness (QED) is 0.486. The van der Waals surface area contributed by atoms with Crippen LogP contribution in [0.15, 0.2) is 53.0 Å². The molecule has 3 heterocycles. The van der Waals surface area contributed by atoms with Gasteiger partial charge < -0.3 is 14.6 Å². The highest BCUT2D eigenvalue weighted by Gasteiger charge is 2.18. The summed E-state index contributed by atoms with van der Waals surface area (Å²) in [5.74, 6) is 1.28. The highest BCUT2D eigenvalue weighted by atomic mass is 32.2. The van der Waals surface area contributed by atoms with Gasteiger partial charge in [0, 0.05) is 31.0 Å². The summed E-state index contributed by atoms with van der Waals surface area (Å²) in [7, 11) is 0. The van der Waals surface area contributed by atoms with E-state index in [9.17, 15) is 4.79 Å². The lowest BCUT2D eigenvalue weighted by atomic mass is 10.1. The Bertz CT molecular complexity index is 922. The first kappa shape index (κ1) is 21.1. The summed E-state index contributed by atoms with van der Waals surface area (Å²) in [6.45, 7) is 2.17. The number of hydrogen-bond acceptors (Lipinski definition) is 6. The van der Waals surface area contributed by atoms with Crippen LogP contribution in [0.2, 0.25) is 0 Å². The van der Waals surface area contributed by atoms with E-state index in [-0.39, 0.29) is 12.0 Å². The van der Waals surface area contributed by atoms with Gasteiger partial charge in [-0.15, -0.1) is 21.5 Å². The molecule has 0 aliphatic carbocycles. The maximum absolute atomic E-state index is 12.3. The third-order valence-electron chi connectivity index (χ3n) is 5.06. The molecule has 0 bridgehead atoms. The summed E-state index contributed by atoms with van der Waals surface area (Å²) in [6.07, 6.45) is 3.91. The normalized spacial score (nSPS) is 16.1. The number of hydrogen-bond donors (Lipinski definition) is 1. The number of aryl methyl sites for hydroxylation is 1. The fraction of sp³-hybridized carbons (Fsp3) is 0.409. The van der Waals surface area contributed by atoms with Gasteiger partial charge in [0.15, 0.2) is 5.16 Å². The van der Waals surface area contributed by atoms with Crippen LogP contribution in [0, 0.1) is 0 Å². The maximum atomic E-state index is 12.3. The number of thiophene rings is 1. The molecule has 1 N–H and O–H groups in total. The summed E-state index contributed by atoms with van der Waals surface area (Å²) < 4.78 is 7.72. The third kappa shape index (κ3) is 5.93. The number of carbonyl (C=O) groups is 1. The summed E-state index contributed by atoms with van der Waals surface area (Å²) in [4.78, 5) is 13.5. The van der Waals surface area contributed by atoms with Crippen molar-refractivity contribution in [2.45, 2.75) is 43.5 Å². The first-order valence-electron chi connectivity index (χ1n) is 10.3. The predicted octanol–water partition coefficient (Wildman–Crippen LogP) is 3.56. The molecule has 1 amide bonds. The molecule has 1 aromatic carbocycles. The van der Waals surface area contributed by atoms with E-state index in [4.69, 9.17) is 4.74 Å². The highest BCUT2D eigenvalue weighted by Crippen LogP contribution is 2.21. The van der Waals surface area contributed by atoms with E-state index in [1.807, 2.05) is 6.07 Å². The first-order chi connectivity index (χ1) is 14.8. The molecule has 1 atom stereocenters. The molecule has 4 rings (SSSR count). The number of amides is 1. The molecule has 0 radical (unpaired) electrons. The SMILES string of the molecule is O=C(CSc1nnc(Cc2cccs2)n1CCc1ccccc1)NCC1CCCO1. The monoisotopic (exact) mass is 442 g/mol. The minimum absolute atomic E-state index is 0.00733. The zero-order valence-electron chi connectivity index (χ0n) is 16.8. The van der Waals surface area contributed by atoms with E-state index in [0.717, 1.165) is 49.8 Å². The minimum atomic E-state index is 0.00733. The Morgan fingerprint density at radius 3 is 2.90 bits per heavy atom. The van der Waals surface area contributed by atoms with Gasteiger partial charge in [0.25, 0.3) is 0 Å². The van der Waals surface area contributed by atoms with Gasteiger partial charge in [-0.05, 0) is 36.3 Å². The molecule has 8 heteroatoms. The molecule has 2 aromatic heterocycles. The molecule has 1 aliphatic heterocycles. The molecular formula is C22H26N4O2S2. The second kappa shape index (κ2) is 10.7. The zero-order valence-corrected chi connectivity index (χ0v) is 18.5. The molecule has 1 fully saturated rings. The van der Waals surface area contributed by atoms with Crippen LogP contribution in [0.3, 0.4) is 0 Å². The van der Waals surface area contributed by atoms with Crippen molar-refractivity contribution in [3.8, 4) is 0 Å². The van der Waals surface area contributed by atoms with Gasteiger partial charge in [-0.3, -0.25) is 4.79 Å². The second-order valence-electron chi connectivity index (χ2n) is 7.27. The maximum Gasteiger partial charge on any atom is 0.230 e. The minimum Gasteiger partial charge on any atom is -0.376 e. The van der Waals surface area contributed by atoms with Crippen molar-refractivity contribution < 1.29 is 9.53 Å². The molecule has 0 spiro atoms. The van der Waals surface area contributed by atoms with Crippen molar-refractivity contribution in [3.63, 3.8) is 0 Å². The summed E-state index contributed by atoms with van der Waals surface area (Å²) in [6, 6.07) is 14.6. The Morgan fingerprint density at radius 1 is 1.23 bits per heavy atom. The fourth-order valence-corrected chi connectivity index (χ4v) is 4.96. The van der Waals surface area contributed by atoms with E-state index in [1.54, 1.807) is 11.3 Å². The number of thioether (sulfide) groups is 1. The Labute approximate surface area is 185 Å². The molecule has 6 nitrogen and oxygen atoms in total. The lowest BCUT2D eigenvalue weighted by Crippen LogP contribution is -2.33. The number of nitrogens with one attached hydrogen (secondary N) is 1. The van der Waals surface area contributed by atoms with E-state index >= 15 is 0 Å². The van der Waals surface area contributed by atoms with E-state index in [2.05, 4.69) is 61.9 Å². The van der Waals surface area contributed by atoms with Crippen LogP contribution >= 0.6 is 23.1 Å². The summed E-state index contributed by atoms with van der Waals surface area (Å²) in [5.41, 5.74) is 1.28. The van der Waals surface area contributed by atoms with Crippen molar-refractivity contribution in [2.75, 3.05) is 18.9 Å². The van der Waals surface area contributed by atoms with Crippen LogP contribution in [-0.2, 0) is 28.9 Å². The smallest absolute Gasteiger partial charge is 0.230 e. The Balaban J connectivity index is 1.38. The van der Waals surface area contributed by atoms with E-state index < -0.39 is 0 Å². The van der Waals surface area contributed by atoms with Crippen molar-refractivity contribution in [1.82, 2.24) is 20.1 Å². The average molecular weight is 443 g/mol. The van der Waals surface area contributed by atoms with E-state index in [0.29, 0.717) is 12.3 Å². The van der Waals surface area contributed by atoms with Gasteiger partial charge in [0.05, 0.1) is 11.9 Å². The fourth-order valence-electron chi connectivity index (χ4n) is 3.45. The van der Waals surface area contributed by atoms with Crippen LogP contribution < -0.4 is 5.32 Å². The summed E-state index contributed by atoms with van der Waals surface area (Å²) in [5, 5.41) is 14.7. The van der Waals surface area contributed by atoms with E-state index in [1.165, 1.54) is 22.2 Å². The Kier molecular flexibility index (Phi) is 7.55. The highest BCUT2D eigenvalue weighted by molar-refractivity contribution is 7.99. The van der Waals surface area contributed by atoms with Crippen LogP contribution in [0.1, 0.15) is 29.1 Å². The number of aromatic nitrogens is 3. The van der Waals surface area contributed by atoms with Gasteiger partial charge in [0.1, 0.15) is 5.82 Å². The standard InChI is InChI=1S/C22H26N4O2S2/c27-21(23-15-18-8-4-12-28-18)16-30-22-25-24-20(14-19-9-5-13-29-19)26(22)11-10-17-6-2-1-3-7-17/h1-3,5-7,9,13,18H,4,8,10-12,14-16H2,(H,23,27). The number of ether oxygens (including phenoxy) is 1. The van der Waals surface area contributed by atoms with Gasteiger partial charge >= 0.3 is 0 Å². The molecule has 30 heavy (non-hydrogen) atoms. The Hall–Kier alpha value is -2.16. The average Bonchev–Trinajstić information content (AvgIpc) is 3.53. The van der Waals surface area contributed by atoms with Crippen LogP contribution in [0.25, 0.3) is 0 Å². The molecular weight excluding hydrogens is 416 g/mol. The predicted molar refractivity (Wildman–Crippen MR) is 120 cm³/mol. The molecule has 158 valence electrons. The van der Waals surface area contributed by atoms with Crippen molar-refractivity contribution in [1.29, 1.82) is 0 Å². The second-order valence-corrected chi connectivity index (χ2v) is 9.24. The molecule has 0 saturated carbocycles. The van der Waals surface area contributed by atoms with Crippen LogP contribution in [0.5, 0.6) is 0 Å². The Morgan fingerprint density at radius 2 is 2.13 bits per heavy atom. The zero-order chi connectivity index (χ0) is 20.6. The largest absolute Gasteiger partial charge is 0.376 e. The lowest BCUT2D eigenvalue weighted by molar-refractivity contribution is -0.119. The number of rotatable bonds is 10. The van der Waals surface area contributed by atoms with Crippen molar-refractivity contribution in [2.24, 2.45) is 0 Å². The molecule has 3 aromatic rings. The molecule has 1 aliphatic rings. The number of carbonyl (C=O) groups excluding carboxylic acids is 1. The molecule has 1 saturated heterocycles. The third-order valence-corrected chi connectivity index (χ3v) is 6.90.